The van der Waals surface area contributed by atoms with Gasteiger partial charge in [0.05, 0.1) is 12.8 Å². The molecule has 7 heteroatoms. The van der Waals surface area contributed by atoms with Crippen molar-refractivity contribution >= 4 is 11.8 Å². The number of aliphatic hydroxyl groups is 1. The summed E-state index contributed by atoms with van der Waals surface area (Å²) in [7, 11) is 1.28. The van der Waals surface area contributed by atoms with E-state index in [0.717, 1.165) is 0 Å². The summed E-state index contributed by atoms with van der Waals surface area (Å²) in [6.45, 7) is 6.76. The number of rotatable bonds is 4. The van der Waals surface area contributed by atoms with Gasteiger partial charge in [-0.15, -0.1) is 0 Å². The Bertz CT molecular complexity index is 667. The van der Waals surface area contributed by atoms with Crippen molar-refractivity contribution in [3.63, 3.8) is 0 Å². The first-order chi connectivity index (χ1) is 10.6. The van der Waals surface area contributed by atoms with Crippen LogP contribution in [0.2, 0.25) is 0 Å². The van der Waals surface area contributed by atoms with Crippen molar-refractivity contribution in [2.24, 2.45) is 10.5 Å². The third-order valence-corrected chi connectivity index (χ3v) is 4.10. The number of hydrogen-bond donors (Lipinski definition) is 1. The summed E-state index contributed by atoms with van der Waals surface area (Å²) in [5.41, 5.74) is 7.16. The molecule has 0 amide bonds. The molecule has 0 saturated carbocycles. The number of carbonyl (C=O) groups excluding carboxylic acids is 2. The van der Waals surface area contributed by atoms with E-state index in [-0.39, 0.29) is 17.9 Å². The molecule has 7 nitrogen and oxygen atoms in total. The predicted molar refractivity (Wildman–Crippen MR) is 85.1 cm³/mol. The zero-order valence-corrected chi connectivity index (χ0v) is 14.0. The van der Waals surface area contributed by atoms with Crippen LogP contribution in [0.3, 0.4) is 0 Å². The molecule has 0 spiro atoms. The molecule has 1 aliphatic rings. The number of methoxy groups -OCH3 is 1. The maximum atomic E-state index is 12.1. The fourth-order valence-corrected chi connectivity index (χ4v) is 2.59. The molecule has 1 rings (SSSR count). The van der Waals surface area contributed by atoms with Gasteiger partial charge in [-0.2, -0.15) is 0 Å². The molecule has 1 aliphatic carbocycles. The largest absolute Gasteiger partial charge is 0.466 e. The van der Waals surface area contributed by atoms with E-state index >= 15 is 0 Å². The average Bonchev–Trinajstić information content (AvgIpc) is 2.47. The van der Waals surface area contributed by atoms with Crippen LogP contribution in [0.25, 0.3) is 10.4 Å². The number of carbonyl (C=O) groups is 2. The van der Waals surface area contributed by atoms with Crippen molar-refractivity contribution < 1.29 is 19.4 Å². The second kappa shape index (κ2) is 6.81. The van der Waals surface area contributed by atoms with Crippen molar-refractivity contribution in [1.82, 2.24) is 0 Å². The van der Waals surface area contributed by atoms with Crippen molar-refractivity contribution in [2.75, 3.05) is 7.11 Å². The molecule has 0 unspecified atom stereocenters. The van der Waals surface area contributed by atoms with Gasteiger partial charge in [0.15, 0.2) is 5.78 Å². The highest BCUT2D eigenvalue weighted by molar-refractivity contribution is 5.98. The van der Waals surface area contributed by atoms with Crippen LogP contribution in [-0.4, -0.2) is 29.6 Å². The molecule has 1 atom stereocenters. The lowest BCUT2D eigenvalue weighted by Gasteiger charge is -2.45. The minimum atomic E-state index is -1.48. The number of allylic oxidation sites excluding steroid dienone is 3. The quantitative estimate of drug-likeness (QED) is 0.214. The van der Waals surface area contributed by atoms with Crippen LogP contribution in [0.15, 0.2) is 40.2 Å². The first-order valence-corrected chi connectivity index (χ1v) is 7.06. The summed E-state index contributed by atoms with van der Waals surface area (Å²) in [5.74, 6) is -0.801. The molecule has 0 aromatic rings. The molecule has 0 radical (unpaired) electrons. The highest BCUT2D eigenvalue weighted by Gasteiger charge is 2.49. The molecule has 23 heavy (non-hydrogen) atoms. The third-order valence-electron chi connectivity index (χ3n) is 4.10. The SMILES string of the molecule is COC(=O)/C=C(C)\C=C\[C@]1(O)C(C)=C(N=[N+]=[N-])C(=O)CC1(C)C. The molecule has 0 aromatic carbocycles. The minimum Gasteiger partial charge on any atom is -0.466 e. The smallest absolute Gasteiger partial charge is 0.330 e. The van der Waals surface area contributed by atoms with Crippen LogP contribution in [0, 0.1) is 5.41 Å². The lowest BCUT2D eigenvalue weighted by atomic mass is 9.63. The maximum Gasteiger partial charge on any atom is 0.330 e. The number of Topliss-reactive ketones (excluding diaryl/α,β-unsaturated/α-hetero) is 1. The van der Waals surface area contributed by atoms with E-state index in [4.69, 9.17) is 5.53 Å². The maximum absolute atomic E-state index is 12.1. The van der Waals surface area contributed by atoms with Gasteiger partial charge in [0.2, 0.25) is 0 Å². The van der Waals surface area contributed by atoms with Crippen molar-refractivity contribution in [3.8, 4) is 0 Å². The summed E-state index contributed by atoms with van der Waals surface area (Å²) in [6, 6.07) is 0. The molecule has 1 N–H and O–H groups in total. The fraction of sp³-hybridized carbons (Fsp3) is 0.500. The van der Waals surface area contributed by atoms with Crippen LogP contribution in [-0.2, 0) is 14.3 Å². The van der Waals surface area contributed by atoms with Gasteiger partial charge in [-0.25, -0.2) is 4.79 Å². The second-order valence-electron chi connectivity index (χ2n) is 6.16. The van der Waals surface area contributed by atoms with Gasteiger partial charge in [-0.3, -0.25) is 4.79 Å². The zero-order valence-electron chi connectivity index (χ0n) is 14.0. The lowest BCUT2D eigenvalue weighted by molar-refractivity contribution is -0.134. The predicted octanol–water partition coefficient (Wildman–Crippen LogP) is 2.98. The third kappa shape index (κ3) is 3.70. The minimum absolute atomic E-state index is 0.0410. The monoisotopic (exact) mass is 319 g/mol. The Morgan fingerprint density at radius 3 is 2.61 bits per heavy atom. The van der Waals surface area contributed by atoms with Gasteiger partial charge in [0.1, 0.15) is 5.60 Å². The van der Waals surface area contributed by atoms with E-state index < -0.39 is 17.0 Å². The van der Waals surface area contributed by atoms with Gasteiger partial charge in [0, 0.05) is 22.8 Å². The number of azide groups is 1. The number of ether oxygens (including phenoxy) is 1. The summed E-state index contributed by atoms with van der Waals surface area (Å²) < 4.78 is 4.54. The lowest BCUT2D eigenvalue weighted by Crippen LogP contribution is -2.49. The number of hydrogen-bond acceptors (Lipinski definition) is 5. The van der Waals surface area contributed by atoms with Crippen LogP contribution >= 0.6 is 0 Å². The first kappa shape index (κ1) is 18.7. The molecule has 0 bridgehead atoms. The summed E-state index contributed by atoms with van der Waals surface area (Å²) in [6.07, 6.45) is 4.41. The van der Waals surface area contributed by atoms with E-state index in [9.17, 15) is 14.7 Å². The van der Waals surface area contributed by atoms with E-state index in [0.29, 0.717) is 11.1 Å². The molecule has 0 fully saturated rings. The topological polar surface area (TPSA) is 112 Å². The molecule has 0 heterocycles. The molecule has 0 aromatic heterocycles. The van der Waals surface area contributed by atoms with Crippen molar-refractivity contribution in [1.29, 1.82) is 0 Å². The summed E-state index contributed by atoms with van der Waals surface area (Å²) >= 11 is 0. The normalized spacial score (nSPS) is 24.6. The van der Waals surface area contributed by atoms with Crippen LogP contribution in [0.4, 0.5) is 0 Å². The molecule has 124 valence electrons. The molecule has 0 saturated heterocycles. The number of ketones is 1. The average molecular weight is 319 g/mol. The van der Waals surface area contributed by atoms with Gasteiger partial charge in [-0.05, 0) is 36.6 Å². The highest BCUT2D eigenvalue weighted by atomic mass is 16.5. The highest BCUT2D eigenvalue weighted by Crippen LogP contribution is 2.46. The Kier molecular flexibility index (Phi) is 5.53. The first-order valence-electron chi connectivity index (χ1n) is 7.06. The van der Waals surface area contributed by atoms with Crippen LogP contribution in [0.5, 0.6) is 0 Å². The van der Waals surface area contributed by atoms with Gasteiger partial charge in [0.25, 0.3) is 0 Å². The van der Waals surface area contributed by atoms with Gasteiger partial charge >= 0.3 is 5.97 Å². The van der Waals surface area contributed by atoms with E-state index in [1.54, 1.807) is 33.8 Å². The fourth-order valence-electron chi connectivity index (χ4n) is 2.59. The Morgan fingerprint density at radius 2 is 2.09 bits per heavy atom. The molecular weight excluding hydrogens is 298 g/mol. The standard InChI is InChI=1S/C16H21N3O4/c1-10(8-13(21)23-5)6-7-16(22)11(2)14(18-19-17)12(20)9-15(16,3)4/h6-8,22H,9H2,1-5H3/b7-6+,10-8-/t16-/m0/s1. The van der Waals surface area contributed by atoms with Crippen LogP contribution in [0.1, 0.15) is 34.1 Å². The van der Waals surface area contributed by atoms with E-state index in [1.165, 1.54) is 19.3 Å². The molecular formula is C16H21N3O4. The van der Waals surface area contributed by atoms with E-state index in [2.05, 4.69) is 14.8 Å². The van der Waals surface area contributed by atoms with Gasteiger partial charge < -0.3 is 9.84 Å². The zero-order chi connectivity index (χ0) is 17.8. The van der Waals surface area contributed by atoms with Crippen molar-refractivity contribution in [3.05, 3.63) is 45.5 Å². The van der Waals surface area contributed by atoms with Crippen LogP contribution < -0.4 is 0 Å². The number of esters is 1. The summed E-state index contributed by atoms with van der Waals surface area (Å²) in [5, 5.41) is 14.5. The Hall–Kier alpha value is -2.37. The Morgan fingerprint density at radius 1 is 1.48 bits per heavy atom. The van der Waals surface area contributed by atoms with Gasteiger partial charge in [-0.1, -0.05) is 25.0 Å². The Balaban J connectivity index is 3.38. The number of nitrogens with zero attached hydrogens (tertiary/aromatic N) is 3. The summed E-state index contributed by atoms with van der Waals surface area (Å²) in [4.78, 5) is 26.0. The molecule has 0 aliphatic heterocycles. The Labute approximate surface area is 135 Å². The second-order valence-corrected chi connectivity index (χ2v) is 6.16. The van der Waals surface area contributed by atoms with Crippen molar-refractivity contribution in [2.45, 2.75) is 39.7 Å². The van der Waals surface area contributed by atoms with E-state index in [1.807, 2.05) is 0 Å².